The summed E-state index contributed by atoms with van der Waals surface area (Å²) in [7, 11) is 0. The van der Waals surface area contributed by atoms with Crippen molar-refractivity contribution >= 4 is 0 Å². The van der Waals surface area contributed by atoms with Crippen LogP contribution in [0.15, 0.2) is 0 Å². The molecule has 1 N–H and O–H groups in total. The Hall–Kier alpha value is -0.0400. The van der Waals surface area contributed by atoms with E-state index in [0.717, 1.165) is 17.9 Å². The second kappa shape index (κ2) is 8.97. The third kappa shape index (κ3) is 5.90. The molecular weight excluding hydrogens is 206 g/mol. The van der Waals surface area contributed by atoms with Gasteiger partial charge in [-0.1, -0.05) is 52.9 Å². The highest BCUT2D eigenvalue weighted by molar-refractivity contribution is 4.80. The molecule has 1 heteroatoms. The molecule has 1 nitrogen and oxygen atoms in total. The molecule has 0 aromatic heterocycles. The number of hydrogen-bond donors (Lipinski definition) is 1. The van der Waals surface area contributed by atoms with E-state index in [9.17, 15) is 0 Å². The van der Waals surface area contributed by atoms with Crippen molar-refractivity contribution in [2.75, 3.05) is 6.54 Å². The van der Waals surface area contributed by atoms with Gasteiger partial charge in [0.2, 0.25) is 0 Å². The average Bonchev–Trinajstić information content (AvgIpc) is 2.38. The fraction of sp³-hybridized carbons (Fsp3) is 1.00. The molecule has 0 aliphatic heterocycles. The summed E-state index contributed by atoms with van der Waals surface area (Å²) in [4.78, 5) is 0. The molecule has 1 saturated carbocycles. The largest absolute Gasteiger partial charge is 0.314 e. The number of unbranched alkanes of at least 4 members (excludes halogenated alkanes) is 1. The van der Waals surface area contributed by atoms with Crippen LogP contribution in [0.4, 0.5) is 0 Å². The SMILES string of the molecule is CCCCNC(CC(C)CC)C1CCCCC1. The van der Waals surface area contributed by atoms with E-state index in [1.807, 2.05) is 0 Å². The fourth-order valence-electron chi connectivity index (χ4n) is 3.04. The third-order valence-corrected chi connectivity index (χ3v) is 4.51. The van der Waals surface area contributed by atoms with Gasteiger partial charge in [0.05, 0.1) is 0 Å². The van der Waals surface area contributed by atoms with Crippen LogP contribution in [0, 0.1) is 11.8 Å². The first kappa shape index (κ1) is 15.0. The topological polar surface area (TPSA) is 12.0 Å². The summed E-state index contributed by atoms with van der Waals surface area (Å²) in [5, 5.41) is 3.86. The summed E-state index contributed by atoms with van der Waals surface area (Å²) in [6.45, 7) is 8.26. The smallest absolute Gasteiger partial charge is 0.00978 e. The lowest BCUT2D eigenvalue weighted by Crippen LogP contribution is -2.39. The number of nitrogens with one attached hydrogen (secondary N) is 1. The van der Waals surface area contributed by atoms with Gasteiger partial charge < -0.3 is 5.32 Å². The maximum atomic E-state index is 3.86. The Bertz CT molecular complexity index is 172. The highest BCUT2D eigenvalue weighted by Crippen LogP contribution is 2.29. The Kier molecular flexibility index (Phi) is 7.92. The molecule has 0 aromatic rings. The molecule has 2 atom stereocenters. The van der Waals surface area contributed by atoms with Crippen LogP contribution >= 0.6 is 0 Å². The summed E-state index contributed by atoms with van der Waals surface area (Å²) in [6, 6.07) is 0.803. The Balaban J connectivity index is 2.38. The summed E-state index contributed by atoms with van der Waals surface area (Å²) >= 11 is 0. The highest BCUT2D eigenvalue weighted by atomic mass is 14.9. The van der Waals surface area contributed by atoms with Crippen LogP contribution in [0.3, 0.4) is 0 Å². The Morgan fingerprint density at radius 2 is 1.82 bits per heavy atom. The Morgan fingerprint density at radius 1 is 1.12 bits per heavy atom. The van der Waals surface area contributed by atoms with Gasteiger partial charge in [0, 0.05) is 6.04 Å². The van der Waals surface area contributed by atoms with Gasteiger partial charge in [-0.05, 0) is 44.1 Å². The van der Waals surface area contributed by atoms with Gasteiger partial charge in [-0.25, -0.2) is 0 Å². The molecule has 1 fully saturated rings. The second-order valence-corrected chi connectivity index (χ2v) is 6.06. The van der Waals surface area contributed by atoms with Crippen molar-refractivity contribution in [3.8, 4) is 0 Å². The maximum Gasteiger partial charge on any atom is 0.00978 e. The predicted octanol–water partition coefficient (Wildman–Crippen LogP) is 4.76. The van der Waals surface area contributed by atoms with Gasteiger partial charge in [-0.2, -0.15) is 0 Å². The molecule has 1 rings (SSSR count). The zero-order valence-electron chi connectivity index (χ0n) is 12.3. The van der Waals surface area contributed by atoms with E-state index in [2.05, 4.69) is 26.1 Å². The number of rotatable bonds is 8. The maximum absolute atomic E-state index is 3.86. The van der Waals surface area contributed by atoms with Crippen molar-refractivity contribution < 1.29 is 0 Å². The van der Waals surface area contributed by atoms with Gasteiger partial charge in [-0.15, -0.1) is 0 Å². The molecule has 17 heavy (non-hydrogen) atoms. The van der Waals surface area contributed by atoms with Gasteiger partial charge in [-0.3, -0.25) is 0 Å². The fourth-order valence-corrected chi connectivity index (χ4v) is 3.04. The second-order valence-electron chi connectivity index (χ2n) is 6.06. The molecular formula is C16H33N. The highest BCUT2D eigenvalue weighted by Gasteiger charge is 2.24. The van der Waals surface area contributed by atoms with Crippen LogP contribution in [0.2, 0.25) is 0 Å². The van der Waals surface area contributed by atoms with Gasteiger partial charge >= 0.3 is 0 Å². The van der Waals surface area contributed by atoms with Crippen molar-refractivity contribution in [3.63, 3.8) is 0 Å². The minimum atomic E-state index is 0.803. The summed E-state index contributed by atoms with van der Waals surface area (Å²) in [5.41, 5.74) is 0. The predicted molar refractivity (Wildman–Crippen MR) is 77.3 cm³/mol. The van der Waals surface area contributed by atoms with E-state index in [-0.39, 0.29) is 0 Å². The standard InChI is InChI=1S/C16H33N/c1-4-6-12-17-16(13-14(3)5-2)15-10-8-7-9-11-15/h14-17H,4-13H2,1-3H3. The molecule has 1 aliphatic carbocycles. The normalized spacial score (nSPS) is 21.4. The van der Waals surface area contributed by atoms with Gasteiger partial charge in [0.15, 0.2) is 0 Å². The molecule has 0 bridgehead atoms. The molecule has 0 spiro atoms. The molecule has 1 aliphatic rings. The van der Waals surface area contributed by atoms with Crippen LogP contribution in [0.1, 0.15) is 78.6 Å². The van der Waals surface area contributed by atoms with Crippen molar-refractivity contribution in [1.82, 2.24) is 5.32 Å². The molecule has 0 saturated heterocycles. The zero-order chi connectivity index (χ0) is 12.5. The third-order valence-electron chi connectivity index (χ3n) is 4.51. The summed E-state index contributed by atoms with van der Waals surface area (Å²) in [5.74, 6) is 1.85. The van der Waals surface area contributed by atoms with Crippen LogP contribution in [-0.4, -0.2) is 12.6 Å². The Labute approximate surface area is 109 Å². The average molecular weight is 239 g/mol. The van der Waals surface area contributed by atoms with Crippen molar-refractivity contribution in [1.29, 1.82) is 0 Å². The van der Waals surface area contributed by atoms with E-state index in [0.29, 0.717) is 0 Å². The van der Waals surface area contributed by atoms with E-state index in [1.165, 1.54) is 64.3 Å². The Morgan fingerprint density at radius 3 is 2.41 bits per heavy atom. The summed E-state index contributed by atoms with van der Waals surface area (Å²) < 4.78 is 0. The molecule has 2 unspecified atom stereocenters. The summed E-state index contributed by atoms with van der Waals surface area (Å²) in [6.07, 6.45) is 12.7. The molecule has 0 radical (unpaired) electrons. The van der Waals surface area contributed by atoms with Gasteiger partial charge in [0.1, 0.15) is 0 Å². The van der Waals surface area contributed by atoms with E-state index < -0.39 is 0 Å². The van der Waals surface area contributed by atoms with Crippen LogP contribution < -0.4 is 5.32 Å². The van der Waals surface area contributed by atoms with Crippen LogP contribution in [0.25, 0.3) is 0 Å². The lowest BCUT2D eigenvalue weighted by Gasteiger charge is -2.32. The van der Waals surface area contributed by atoms with Crippen LogP contribution in [-0.2, 0) is 0 Å². The first-order valence-corrected chi connectivity index (χ1v) is 8.01. The number of hydrogen-bond acceptors (Lipinski definition) is 1. The van der Waals surface area contributed by atoms with E-state index in [4.69, 9.17) is 0 Å². The quantitative estimate of drug-likeness (QED) is 0.602. The first-order chi connectivity index (χ1) is 8.27. The minimum Gasteiger partial charge on any atom is -0.314 e. The molecule has 0 amide bonds. The zero-order valence-corrected chi connectivity index (χ0v) is 12.3. The van der Waals surface area contributed by atoms with Gasteiger partial charge in [0.25, 0.3) is 0 Å². The van der Waals surface area contributed by atoms with Crippen molar-refractivity contribution in [3.05, 3.63) is 0 Å². The van der Waals surface area contributed by atoms with Crippen molar-refractivity contribution in [2.24, 2.45) is 11.8 Å². The lowest BCUT2D eigenvalue weighted by molar-refractivity contribution is 0.235. The van der Waals surface area contributed by atoms with E-state index >= 15 is 0 Å². The monoisotopic (exact) mass is 239 g/mol. The minimum absolute atomic E-state index is 0.803. The molecule has 0 aromatic carbocycles. The van der Waals surface area contributed by atoms with E-state index in [1.54, 1.807) is 0 Å². The van der Waals surface area contributed by atoms with Crippen LogP contribution in [0.5, 0.6) is 0 Å². The molecule has 102 valence electrons. The lowest BCUT2D eigenvalue weighted by atomic mass is 9.80. The van der Waals surface area contributed by atoms with Crippen molar-refractivity contribution in [2.45, 2.75) is 84.6 Å². The first-order valence-electron chi connectivity index (χ1n) is 8.01. The molecule has 0 heterocycles.